The molecule has 0 unspecified atom stereocenters. The van der Waals surface area contributed by atoms with Crippen LogP contribution in [-0.4, -0.2) is 38.2 Å². The van der Waals surface area contributed by atoms with Gasteiger partial charge in [-0.25, -0.2) is 0 Å². The van der Waals surface area contributed by atoms with E-state index in [1.807, 2.05) is 36.4 Å². The summed E-state index contributed by atoms with van der Waals surface area (Å²) in [7, 11) is 2.79. The number of nitrogen functional groups attached to an aromatic ring is 2. The minimum Gasteiger partial charge on any atom is -0.469 e. The molecule has 2 aliphatic rings. The van der Waals surface area contributed by atoms with Gasteiger partial charge in [0.1, 0.15) is 0 Å². The van der Waals surface area contributed by atoms with E-state index in [1.54, 1.807) is 0 Å². The summed E-state index contributed by atoms with van der Waals surface area (Å²) in [6, 6.07) is 12.4. The largest absolute Gasteiger partial charge is 0.469 e. The van der Waals surface area contributed by atoms with Crippen LogP contribution in [0, 0.1) is 22.7 Å². The van der Waals surface area contributed by atoms with E-state index >= 15 is 0 Å². The Hall–Kier alpha value is -3.42. The Morgan fingerprint density at radius 1 is 0.711 bits per heavy atom. The molecule has 2 aromatic rings. The Labute approximate surface area is 272 Å². The lowest BCUT2D eigenvalue weighted by atomic mass is 9.70. The Bertz CT molecular complexity index is 1180. The zero-order valence-electron chi connectivity index (χ0n) is 28.2. The summed E-state index contributed by atoms with van der Waals surface area (Å²) in [6.45, 7) is 14.0. The Kier molecular flexibility index (Phi) is 13.6. The van der Waals surface area contributed by atoms with Crippen LogP contribution in [0.2, 0.25) is 0 Å². The van der Waals surface area contributed by atoms with E-state index in [-0.39, 0.29) is 32.2 Å². The Morgan fingerprint density at radius 2 is 1.07 bits per heavy atom. The number of esters is 2. The third-order valence-corrected chi connectivity index (χ3v) is 8.88. The van der Waals surface area contributed by atoms with Crippen molar-refractivity contribution in [3.8, 4) is 0 Å². The summed E-state index contributed by atoms with van der Waals surface area (Å²) in [6.07, 6.45) is 7.72. The SMILES string of the molecule is C.COC(=O)Cc1ccc(N[C@@H]2C[C@H](C)CC(C)(C)C2)c(N)c1.COC(=O)Cc1ccc(N[C@H]2C[C@@H](C)CC(C)(C)C2)c(N)c1. The van der Waals surface area contributed by atoms with Crippen molar-refractivity contribution in [1.82, 2.24) is 0 Å². The fourth-order valence-electron chi connectivity index (χ4n) is 7.54. The second kappa shape index (κ2) is 16.2. The minimum atomic E-state index is -0.247. The molecule has 4 rings (SSSR count). The van der Waals surface area contributed by atoms with Crippen molar-refractivity contribution in [3.05, 3.63) is 47.5 Å². The van der Waals surface area contributed by atoms with Crippen LogP contribution >= 0.6 is 0 Å². The molecule has 2 saturated carbocycles. The van der Waals surface area contributed by atoms with E-state index in [1.165, 1.54) is 39.9 Å². The molecule has 2 aliphatic carbocycles. The highest BCUT2D eigenvalue weighted by atomic mass is 16.5. The van der Waals surface area contributed by atoms with Gasteiger partial charge < -0.3 is 31.6 Å². The number of methoxy groups -OCH3 is 2. The number of hydrogen-bond acceptors (Lipinski definition) is 8. The lowest BCUT2D eigenvalue weighted by Gasteiger charge is -2.39. The molecule has 4 atom stereocenters. The monoisotopic (exact) mass is 624 g/mol. The molecule has 6 N–H and O–H groups in total. The standard InChI is InChI=1S/2C18H28N2O2.CH4/c2*1-12-7-14(11-18(2,3)10-12)20-16-6-5-13(8-15(16)19)9-17(21)22-4;/h2*5-6,8,12,14,20H,7,9-11,19H2,1-4H3;1H4/t2*12-,14+;/m10./s1. The number of rotatable bonds is 8. The molecule has 0 aromatic heterocycles. The van der Waals surface area contributed by atoms with Crippen molar-refractivity contribution in [1.29, 1.82) is 0 Å². The zero-order chi connectivity index (χ0) is 32.7. The second-order valence-electron chi connectivity index (χ2n) is 14.9. The normalized spacial score (nSPS) is 23.3. The van der Waals surface area contributed by atoms with Gasteiger partial charge in [0.05, 0.1) is 49.8 Å². The third kappa shape index (κ3) is 12.1. The number of ether oxygens (including phenoxy) is 2. The Balaban J connectivity index is 0.000000307. The molecule has 45 heavy (non-hydrogen) atoms. The first-order chi connectivity index (χ1) is 20.6. The van der Waals surface area contributed by atoms with Crippen molar-refractivity contribution in [3.63, 3.8) is 0 Å². The van der Waals surface area contributed by atoms with Gasteiger partial charge in [-0.1, -0.05) is 61.1 Å². The molecule has 0 saturated heterocycles. The van der Waals surface area contributed by atoms with E-state index in [0.29, 0.717) is 34.3 Å². The van der Waals surface area contributed by atoms with Crippen LogP contribution in [0.4, 0.5) is 22.7 Å². The van der Waals surface area contributed by atoms with Crippen LogP contribution in [0.5, 0.6) is 0 Å². The first-order valence-electron chi connectivity index (χ1n) is 16.0. The number of nitrogens with one attached hydrogen (secondary N) is 2. The van der Waals surface area contributed by atoms with Crippen molar-refractivity contribution in [2.75, 3.05) is 36.3 Å². The molecule has 0 radical (unpaired) electrons. The Morgan fingerprint density at radius 3 is 1.36 bits per heavy atom. The molecule has 0 spiro atoms. The van der Waals surface area contributed by atoms with E-state index in [0.717, 1.165) is 47.2 Å². The topological polar surface area (TPSA) is 129 Å². The molecule has 2 fully saturated rings. The summed E-state index contributed by atoms with van der Waals surface area (Å²) < 4.78 is 9.37. The van der Waals surface area contributed by atoms with Gasteiger partial charge in [0.15, 0.2) is 0 Å². The number of benzene rings is 2. The maximum Gasteiger partial charge on any atom is 0.309 e. The third-order valence-electron chi connectivity index (χ3n) is 8.88. The first-order valence-corrected chi connectivity index (χ1v) is 16.0. The first kappa shape index (κ1) is 37.8. The number of nitrogens with two attached hydrogens (primary N) is 2. The molecule has 0 heterocycles. The average Bonchev–Trinajstić information content (AvgIpc) is 2.89. The fourth-order valence-corrected chi connectivity index (χ4v) is 7.54. The van der Waals surface area contributed by atoms with E-state index < -0.39 is 0 Å². The summed E-state index contributed by atoms with van der Waals surface area (Å²) in [4.78, 5) is 22.6. The van der Waals surface area contributed by atoms with E-state index in [9.17, 15) is 9.59 Å². The number of carbonyl (C=O) groups is 2. The number of carbonyl (C=O) groups excluding carboxylic acids is 2. The van der Waals surface area contributed by atoms with Crippen LogP contribution in [-0.2, 0) is 31.9 Å². The van der Waals surface area contributed by atoms with Gasteiger partial charge in [0.25, 0.3) is 0 Å². The van der Waals surface area contributed by atoms with Gasteiger partial charge in [-0.3, -0.25) is 9.59 Å². The highest BCUT2D eigenvalue weighted by Crippen LogP contribution is 2.41. The second-order valence-corrected chi connectivity index (χ2v) is 14.9. The predicted molar refractivity (Wildman–Crippen MR) is 188 cm³/mol. The lowest BCUT2D eigenvalue weighted by Crippen LogP contribution is -2.35. The maximum absolute atomic E-state index is 11.3. The summed E-state index contributed by atoms with van der Waals surface area (Å²) >= 11 is 0. The maximum atomic E-state index is 11.3. The number of hydrogen-bond donors (Lipinski definition) is 4. The van der Waals surface area contributed by atoms with Gasteiger partial charge in [-0.05, 0) is 96.6 Å². The van der Waals surface area contributed by atoms with Crippen molar-refractivity contribution in [2.24, 2.45) is 22.7 Å². The fraction of sp³-hybridized carbons (Fsp3) is 0.622. The molecule has 8 heteroatoms. The predicted octanol–water partition coefficient (Wildman–Crippen LogP) is 7.86. The molecular weight excluding hydrogens is 564 g/mol. The highest BCUT2D eigenvalue weighted by molar-refractivity contribution is 5.76. The van der Waals surface area contributed by atoms with Crippen LogP contribution in [0.1, 0.15) is 98.6 Å². The zero-order valence-corrected chi connectivity index (χ0v) is 28.2. The smallest absolute Gasteiger partial charge is 0.309 e. The van der Waals surface area contributed by atoms with E-state index in [2.05, 4.69) is 61.6 Å². The van der Waals surface area contributed by atoms with E-state index in [4.69, 9.17) is 11.5 Å². The molecule has 8 nitrogen and oxygen atoms in total. The molecule has 0 bridgehead atoms. The molecule has 0 amide bonds. The minimum absolute atomic E-state index is 0. The highest BCUT2D eigenvalue weighted by Gasteiger charge is 2.33. The quantitative estimate of drug-likeness (QED) is 0.173. The average molecular weight is 625 g/mol. The van der Waals surface area contributed by atoms with Crippen molar-refractivity contribution in [2.45, 2.75) is 112 Å². The van der Waals surface area contributed by atoms with Crippen molar-refractivity contribution < 1.29 is 19.1 Å². The van der Waals surface area contributed by atoms with Gasteiger partial charge in [-0.2, -0.15) is 0 Å². The van der Waals surface area contributed by atoms with Crippen LogP contribution in [0.25, 0.3) is 0 Å². The van der Waals surface area contributed by atoms with Gasteiger partial charge >= 0.3 is 11.9 Å². The summed E-state index contributed by atoms with van der Waals surface area (Å²) in [5, 5.41) is 7.18. The number of anilines is 4. The molecule has 252 valence electrons. The van der Waals surface area contributed by atoms with Crippen LogP contribution < -0.4 is 22.1 Å². The van der Waals surface area contributed by atoms with Gasteiger partial charge in [-0.15, -0.1) is 0 Å². The molecule has 0 aliphatic heterocycles. The van der Waals surface area contributed by atoms with Crippen molar-refractivity contribution >= 4 is 34.7 Å². The summed E-state index contributed by atoms with van der Waals surface area (Å²) in [5.74, 6) is 0.952. The van der Waals surface area contributed by atoms with Gasteiger partial charge in [0, 0.05) is 12.1 Å². The molecule has 2 aromatic carbocycles. The van der Waals surface area contributed by atoms with Crippen LogP contribution in [0.15, 0.2) is 36.4 Å². The van der Waals surface area contributed by atoms with Gasteiger partial charge in [0.2, 0.25) is 0 Å². The lowest BCUT2D eigenvalue weighted by molar-refractivity contribution is -0.140. The molecular formula is C37H60N4O4. The van der Waals surface area contributed by atoms with Crippen LogP contribution in [0.3, 0.4) is 0 Å². The summed E-state index contributed by atoms with van der Waals surface area (Å²) in [5.41, 5.74) is 18.1.